The van der Waals surface area contributed by atoms with Crippen molar-refractivity contribution in [2.75, 3.05) is 13.1 Å². The van der Waals surface area contributed by atoms with Crippen molar-refractivity contribution in [2.45, 2.75) is 37.7 Å². The number of hydrogen-bond donors (Lipinski definition) is 3. The second-order valence-corrected chi connectivity index (χ2v) is 15.1. The zero-order valence-electron chi connectivity index (χ0n) is 21.0. The predicted octanol–water partition coefficient (Wildman–Crippen LogP) is 4.30. The molecule has 0 saturated heterocycles. The first-order chi connectivity index (χ1) is 18.3. The van der Waals surface area contributed by atoms with Crippen molar-refractivity contribution in [3.05, 3.63) is 78.7 Å². The number of hydrogen-bond acceptors (Lipinski definition) is 8. The minimum atomic E-state index is -3.95. The van der Waals surface area contributed by atoms with E-state index in [1.54, 1.807) is 30.3 Å². The molecular formula is C27H29IN4O5S. The van der Waals surface area contributed by atoms with Gasteiger partial charge in [-0.3, -0.25) is 0 Å². The van der Waals surface area contributed by atoms with Crippen LogP contribution in [0.3, 0.4) is 0 Å². The number of aromatic hydroxyl groups is 1. The van der Waals surface area contributed by atoms with Crippen molar-refractivity contribution < 1.29 is 23.1 Å². The Balaban J connectivity index is 1.26. The Kier molecular flexibility index (Phi) is 7.68. The third kappa shape index (κ3) is 5.54. The van der Waals surface area contributed by atoms with Crippen LogP contribution in [0.4, 0.5) is 0 Å². The topological polar surface area (TPSA) is 129 Å². The van der Waals surface area contributed by atoms with Crippen LogP contribution in [0.5, 0.6) is 5.75 Å². The molecule has 1 fully saturated rings. The molecular weight excluding hydrogens is 619 g/mol. The Morgan fingerprint density at radius 3 is 2.68 bits per heavy atom. The molecule has 2 atom stereocenters. The van der Waals surface area contributed by atoms with Gasteiger partial charge in [-0.25, -0.2) is 0 Å². The Hall–Kier alpha value is -3.03. The van der Waals surface area contributed by atoms with Gasteiger partial charge in [-0.2, -0.15) is 0 Å². The monoisotopic (exact) mass is 648 g/mol. The van der Waals surface area contributed by atoms with Crippen LogP contribution in [0.15, 0.2) is 80.7 Å². The summed E-state index contributed by atoms with van der Waals surface area (Å²) in [5.74, 6) is -0.128. The first-order valence-corrected chi connectivity index (χ1v) is 17.0. The van der Waals surface area contributed by atoms with Gasteiger partial charge in [-0.05, 0) is 6.42 Å². The molecule has 2 heterocycles. The molecule has 0 spiro atoms. The number of ether oxygens (including phenoxy) is 1. The van der Waals surface area contributed by atoms with Crippen LogP contribution in [0.25, 0.3) is 0 Å². The van der Waals surface area contributed by atoms with E-state index in [0.29, 0.717) is 23.7 Å². The third-order valence-corrected chi connectivity index (χ3v) is 12.6. The predicted molar refractivity (Wildman–Crippen MR) is 155 cm³/mol. The number of nitrogens with zero attached hydrogens (tertiary/aromatic N) is 2. The number of fused-ring (bicyclic) bond motifs is 1. The second kappa shape index (κ2) is 11.0. The zero-order valence-corrected chi connectivity index (χ0v) is 24.0. The molecule has 3 aliphatic rings. The first-order valence-electron chi connectivity index (χ1n) is 12.4. The molecule has 2 aromatic carbocycles. The molecule has 38 heavy (non-hydrogen) atoms. The van der Waals surface area contributed by atoms with Crippen LogP contribution in [0, 0.1) is 5.92 Å². The summed E-state index contributed by atoms with van der Waals surface area (Å²) in [7, 11) is -3.95. The van der Waals surface area contributed by atoms with E-state index in [1.807, 2.05) is 32.2 Å². The number of nitrogens with one attached hydrogen (secondary N) is 2. The van der Waals surface area contributed by atoms with E-state index >= 15 is 0 Å². The molecule has 200 valence electrons. The quantitative estimate of drug-likeness (QED) is 0.153. The summed E-state index contributed by atoms with van der Waals surface area (Å²) in [6, 6.07) is 13.1. The number of sulfonamides is 1. The average Bonchev–Trinajstić information content (AvgIpc) is 3.57. The molecule has 1 aliphatic carbocycles. The van der Waals surface area contributed by atoms with Crippen molar-refractivity contribution in [3.8, 4) is 5.75 Å². The molecule has 3 N–H and O–H groups in total. The van der Waals surface area contributed by atoms with Crippen LogP contribution in [0.1, 0.15) is 42.6 Å². The van der Waals surface area contributed by atoms with Crippen LogP contribution in [-0.2, 0) is 14.8 Å². The van der Waals surface area contributed by atoms with E-state index in [1.165, 1.54) is 12.1 Å². The summed E-state index contributed by atoms with van der Waals surface area (Å²) in [4.78, 5) is 17.4. The number of allylic oxidation sites excluding steroid dienone is 2. The molecule has 0 aromatic heterocycles. The Bertz CT molecular complexity index is 1500. The fourth-order valence-corrected chi connectivity index (χ4v) is 9.89. The molecule has 9 nitrogen and oxygen atoms in total. The number of carbonyl (C=O) groups excluding carboxylic acids is 1. The Labute approximate surface area is 229 Å². The van der Waals surface area contributed by atoms with E-state index < -0.39 is 36.1 Å². The number of para-hydroxylation sites is 1. The molecule has 0 amide bonds. The number of esters is 1. The maximum atomic E-state index is 13.1. The summed E-state index contributed by atoms with van der Waals surface area (Å²) < 4.78 is 40.8. The number of halogens is 1. The number of phenolic OH excluding ortho intramolecular Hbond substituents is 1. The summed E-state index contributed by atoms with van der Waals surface area (Å²) in [5.41, 5.74) is 2.28. The van der Waals surface area contributed by atoms with Crippen molar-refractivity contribution in [1.29, 1.82) is 0 Å². The van der Waals surface area contributed by atoms with Crippen molar-refractivity contribution in [3.63, 3.8) is 0 Å². The van der Waals surface area contributed by atoms with Gasteiger partial charge in [0.15, 0.2) is 0 Å². The zero-order chi connectivity index (χ0) is 26.9. The fourth-order valence-electron chi connectivity index (χ4n) is 4.20. The van der Waals surface area contributed by atoms with Gasteiger partial charge in [0.25, 0.3) is 0 Å². The third-order valence-electron chi connectivity index (χ3n) is 6.44. The molecule has 1 saturated carbocycles. The number of aliphatic imine (C=N–C) groups is 1. The van der Waals surface area contributed by atoms with E-state index in [-0.39, 0.29) is 28.9 Å². The number of rotatable bonds is 10. The SMILES string of the molecule is CC[C@@H]1CC1OC(=O)c1ccccc1S(=O)(=O)NCCNC1=CC(c2ccccc2O)=NC2=C(C)C=NI12. The van der Waals surface area contributed by atoms with Gasteiger partial charge in [-0.1, -0.05) is 6.92 Å². The number of phenols is 1. The van der Waals surface area contributed by atoms with Crippen molar-refractivity contribution >= 4 is 48.0 Å². The van der Waals surface area contributed by atoms with Gasteiger partial charge < -0.3 is 0 Å². The molecule has 0 bridgehead atoms. The average molecular weight is 649 g/mol. The van der Waals surface area contributed by atoms with Gasteiger partial charge in [0, 0.05) is 0 Å². The summed E-state index contributed by atoms with van der Waals surface area (Å²) in [6.45, 7) is 4.41. The standard InChI is InChI=1S/C27H29IN4O5S/c1-3-18-14-23(18)37-27(34)20-9-5-7-11-24(20)38(35,36)31-13-12-29-25-15-21(19-8-4-6-10-22(19)33)32-26-17(2)16-30-28(25)26/h4-11,15-16,18,23,29,31,33H,3,12-14H2,1-2H3/t18-,23?/m1/s1. The van der Waals surface area contributed by atoms with Gasteiger partial charge in [0.2, 0.25) is 0 Å². The molecule has 2 aliphatic heterocycles. The maximum absolute atomic E-state index is 13.1. The molecule has 11 heteroatoms. The fraction of sp³-hybridized carbons (Fsp3) is 0.296. The number of benzene rings is 2. The van der Waals surface area contributed by atoms with Gasteiger partial charge in [0.1, 0.15) is 0 Å². The van der Waals surface area contributed by atoms with Gasteiger partial charge in [-0.15, -0.1) is 0 Å². The molecule has 5 rings (SSSR count). The minimum absolute atomic E-state index is 0.0344. The van der Waals surface area contributed by atoms with Crippen LogP contribution < -0.4 is 10.0 Å². The van der Waals surface area contributed by atoms with Crippen LogP contribution in [0.2, 0.25) is 0 Å². The van der Waals surface area contributed by atoms with E-state index in [4.69, 9.17) is 9.73 Å². The van der Waals surface area contributed by atoms with Crippen LogP contribution in [-0.4, -0.2) is 50.6 Å². The van der Waals surface area contributed by atoms with Crippen molar-refractivity contribution in [2.24, 2.45) is 14.1 Å². The van der Waals surface area contributed by atoms with Gasteiger partial charge in [0.05, 0.1) is 0 Å². The number of carbonyl (C=O) groups is 1. The molecule has 0 radical (unpaired) electrons. The first kappa shape index (κ1) is 26.6. The van der Waals surface area contributed by atoms with E-state index in [0.717, 1.165) is 25.8 Å². The van der Waals surface area contributed by atoms with Gasteiger partial charge >= 0.3 is 217 Å². The molecule has 1 unspecified atom stereocenters. The van der Waals surface area contributed by atoms with Crippen molar-refractivity contribution in [1.82, 2.24) is 10.0 Å². The van der Waals surface area contributed by atoms with E-state index in [9.17, 15) is 18.3 Å². The summed E-state index contributed by atoms with van der Waals surface area (Å²) in [6.07, 6.45) is 5.32. The summed E-state index contributed by atoms with van der Waals surface area (Å²) >= 11 is -2.14. The Morgan fingerprint density at radius 1 is 1.16 bits per heavy atom. The second-order valence-electron chi connectivity index (χ2n) is 9.14. The summed E-state index contributed by atoms with van der Waals surface area (Å²) in [5, 5.41) is 13.7. The van der Waals surface area contributed by atoms with E-state index in [2.05, 4.69) is 13.2 Å². The normalized spacial score (nSPS) is 21.1. The molecule has 2 aromatic rings. The Morgan fingerprint density at radius 2 is 1.92 bits per heavy atom. The van der Waals surface area contributed by atoms with Crippen LogP contribution >= 0.6 is 20.1 Å².